The number of halogens is 6. The van der Waals surface area contributed by atoms with E-state index < -0.39 is 61.8 Å². The molecule has 3 aliphatic heterocycles. The van der Waals surface area contributed by atoms with Gasteiger partial charge in [0.25, 0.3) is 11.8 Å². The maximum Gasteiger partial charge on any atom is 0.260 e. The first-order valence-electron chi connectivity index (χ1n) is 8.54. The molecule has 0 aromatic rings. The molecule has 148 valence electrons. The number of rotatable bonds is 3. The molecule has 4 fully saturated rings. The van der Waals surface area contributed by atoms with Crippen molar-refractivity contribution in [3.8, 4) is 0 Å². The SMILES string of the molecule is CCCON1C(=O)[C@@H]2[C@H]3O[C@@H]([C@@H]2C1=O)[C@@H]1[C@H]3[C@@]2(Cl)C(Cl)=C(Cl)[C@@]1(Cl)C2(Cl)Cl. The summed E-state index contributed by atoms with van der Waals surface area (Å²) in [7, 11) is 0. The highest BCUT2D eigenvalue weighted by molar-refractivity contribution is 6.65. The van der Waals surface area contributed by atoms with Gasteiger partial charge in [0.1, 0.15) is 9.75 Å². The number of alkyl halides is 4. The Balaban J connectivity index is 1.61. The van der Waals surface area contributed by atoms with E-state index in [0.717, 1.165) is 5.06 Å². The van der Waals surface area contributed by atoms with Crippen LogP contribution in [-0.2, 0) is 19.2 Å². The zero-order chi connectivity index (χ0) is 19.7. The number of allylic oxidation sites excluding steroid dienone is 2. The molecule has 5 aliphatic rings. The van der Waals surface area contributed by atoms with Gasteiger partial charge in [-0.05, 0) is 6.42 Å². The second kappa shape index (κ2) is 5.61. The second-order valence-corrected chi connectivity index (χ2v) is 10.9. The molecule has 5 rings (SSSR count). The number of carbonyl (C=O) groups excluding carboxylic acids is 2. The third kappa shape index (κ3) is 1.79. The number of nitrogens with zero attached hydrogens (tertiary/aromatic N) is 1. The van der Waals surface area contributed by atoms with E-state index in [2.05, 4.69) is 0 Å². The first-order valence-corrected chi connectivity index (χ1v) is 10.8. The van der Waals surface area contributed by atoms with Crippen molar-refractivity contribution in [2.75, 3.05) is 6.61 Å². The Morgan fingerprint density at radius 1 is 0.963 bits per heavy atom. The van der Waals surface area contributed by atoms with Gasteiger partial charge in [0.05, 0.1) is 40.7 Å². The smallest absolute Gasteiger partial charge is 0.260 e. The van der Waals surface area contributed by atoms with Gasteiger partial charge >= 0.3 is 0 Å². The molecule has 0 radical (unpaired) electrons. The van der Waals surface area contributed by atoms with Crippen LogP contribution in [0.15, 0.2) is 10.1 Å². The molecular formula is C16H13Cl6NO4. The van der Waals surface area contributed by atoms with Gasteiger partial charge in [-0.15, -0.1) is 23.2 Å². The average Bonchev–Trinajstić information content (AvgIpc) is 3.31. The summed E-state index contributed by atoms with van der Waals surface area (Å²) in [6.07, 6.45) is -0.748. The Morgan fingerprint density at radius 2 is 1.41 bits per heavy atom. The normalized spacial score (nSPS) is 51.6. The van der Waals surface area contributed by atoms with Crippen LogP contribution in [0.2, 0.25) is 0 Å². The molecule has 1 saturated carbocycles. The van der Waals surface area contributed by atoms with Crippen LogP contribution in [0, 0.1) is 23.7 Å². The van der Waals surface area contributed by atoms with E-state index in [4.69, 9.17) is 79.2 Å². The van der Waals surface area contributed by atoms with E-state index in [-0.39, 0.29) is 16.7 Å². The number of hydrogen-bond acceptors (Lipinski definition) is 4. The standard InChI is InChI=1S/C16H13Cl6NO4/c1-2-3-26-23-12(24)4-5(13(23)25)9-7-6(8(4)27-9)14(19)10(17)11(18)15(7,20)16(14,21)22/h4-9H,2-3H2,1H3/t4-,5+,6+,7-,8+,9-,14-,15-/m1/s1. The number of hydroxylamine groups is 2. The Morgan fingerprint density at radius 3 is 1.81 bits per heavy atom. The van der Waals surface area contributed by atoms with Crippen molar-refractivity contribution >= 4 is 81.4 Å². The lowest BCUT2D eigenvalue weighted by molar-refractivity contribution is -0.192. The summed E-state index contributed by atoms with van der Waals surface area (Å²) in [4.78, 5) is 28.1. The van der Waals surface area contributed by atoms with Crippen LogP contribution in [0.4, 0.5) is 0 Å². The second-order valence-electron chi connectivity index (χ2n) is 7.60. The lowest BCUT2D eigenvalue weighted by atomic mass is 9.65. The quantitative estimate of drug-likeness (QED) is 0.441. The molecule has 2 aliphatic carbocycles. The fourth-order valence-corrected chi connectivity index (χ4v) is 8.64. The number of carbonyl (C=O) groups is 2. The molecule has 0 spiro atoms. The van der Waals surface area contributed by atoms with E-state index in [1.165, 1.54) is 0 Å². The van der Waals surface area contributed by atoms with E-state index in [1.54, 1.807) is 0 Å². The molecule has 27 heavy (non-hydrogen) atoms. The molecule has 0 N–H and O–H groups in total. The van der Waals surface area contributed by atoms with Crippen LogP contribution in [-0.4, -0.2) is 49.8 Å². The Kier molecular flexibility index (Phi) is 4.05. The van der Waals surface area contributed by atoms with Gasteiger partial charge in [-0.3, -0.25) is 14.4 Å². The summed E-state index contributed by atoms with van der Waals surface area (Å²) in [5, 5.41) is 0.975. The van der Waals surface area contributed by atoms with Crippen molar-refractivity contribution in [3.05, 3.63) is 10.1 Å². The van der Waals surface area contributed by atoms with Crippen molar-refractivity contribution in [2.45, 2.75) is 39.6 Å². The lowest BCUT2D eigenvalue weighted by Crippen LogP contribution is -2.50. The zero-order valence-electron chi connectivity index (χ0n) is 13.7. The molecule has 3 heterocycles. The van der Waals surface area contributed by atoms with Gasteiger partial charge in [-0.1, -0.05) is 53.3 Å². The average molecular weight is 496 g/mol. The van der Waals surface area contributed by atoms with Gasteiger partial charge < -0.3 is 4.74 Å². The van der Waals surface area contributed by atoms with Gasteiger partial charge in [0.2, 0.25) is 0 Å². The monoisotopic (exact) mass is 493 g/mol. The Bertz CT molecular complexity index is 761. The fourth-order valence-electron chi connectivity index (χ4n) is 5.58. The number of imide groups is 1. The van der Waals surface area contributed by atoms with E-state index >= 15 is 0 Å². The highest BCUT2D eigenvalue weighted by Crippen LogP contribution is 2.81. The van der Waals surface area contributed by atoms with Gasteiger partial charge in [-0.2, -0.15) is 5.06 Å². The number of hydrogen-bond donors (Lipinski definition) is 0. The Labute approximate surface area is 185 Å². The van der Waals surface area contributed by atoms with Gasteiger partial charge in [0.15, 0.2) is 4.33 Å². The maximum absolute atomic E-state index is 12.9. The van der Waals surface area contributed by atoms with Gasteiger partial charge in [0, 0.05) is 11.8 Å². The molecule has 0 aromatic heterocycles. The third-order valence-electron chi connectivity index (χ3n) is 6.56. The molecule has 8 atom stereocenters. The Hall–Kier alpha value is 0.540. The first kappa shape index (κ1) is 19.5. The summed E-state index contributed by atoms with van der Waals surface area (Å²) in [5.74, 6) is -3.48. The summed E-state index contributed by atoms with van der Waals surface area (Å²) in [5.41, 5.74) is 0. The van der Waals surface area contributed by atoms with Crippen LogP contribution >= 0.6 is 69.6 Å². The predicted molar refractivity (Wildman–Crippen MR) is 101 cm³/mol. The minimum Gasteiger partial charge on any atom is -0.373 e. The molecule has 5 nitrogen and oxygen atoms in total. The molecule has 0 unspecified atom stereocenters. The molecule has 2 amide bonds. The van der Waals surface area contributed by atoms with Crippen LogP contribution in [0.25, 0.3) is 0 Å². The number of ether oxygens (including phenoxy) is 1. The zero-order valence-corrected chi connectivity index (χ0v) is 18.3. The van der Waals surface area contributed by atoms with Crippen LogP contribution in [0.1, 0.15) is 13.3 Å². The molecular weight excluding hydrogens is 483 g/mol. The largest absolute Gasteiger partial charge is 0.373 e. The van der Waals surface area contributed by atoms with E-state index in [1.807, 2.05) is 6.92 Å². The van der Waals surface area contributed by atoms with Crippen LogP contribution in [0.3, 0.4) is 0 Å². The predicted octanol–water partition coefficient (Wildman–Crippen LogP) is 3.79. The van der Waals surface area contributed by atoms with Crippen LogP contribution in [0.5, 0.6) is 0 Å². The number of fused-ring (bicyclic) bond motifs is 12. The topological polar surface area (TPSA) is 55.8 Å². The van der Waals surface area contributed by atoms with Crippen molar-refractivity contribution in [1.82, 2.24) is 5.06 Å². The molecule has 0 aromatic carbocycles. The van der Waals surface area contributed by atoms with E-state index in [9.17, 15) is 9.59 Å². The van der Waals surface area contributed by atoms with Crippen molar-refractivity contribution < 1.29 is 19.2 Å². The summed E-state index contributed by atoms with van der Waals surface area (Å²) in [6, 6.07) is 0. The minimum atomic E-state index is -1.71. The highest BCUT2D eigenvalue weighted by atomic mass is 35.5. The molecule has 4 bridgehead atoms. The minimum absolute atomic E-state index is 0.0654. The maximum atomic E-state index is 12.9. The van der Waals surface area contributed by atoms with Crippen molar-refractivity contribution in [1.29, 1.82) is 0 Å². The highest BCUT2D eigenvalue weighted by Gasteiger charge is 2.90. The first-order chi connectivity index (χ1) is 12.6. The summed E-state index contributed by atoms with van der Waals surface area (Å²) >= 11 is 39.8. The number of amides is 2. The van der Waals surface area contributed by atoms with E-state index in [0.29, 0.717) is 6.42 Å². The third-order valence-corrected chi connectivity index (χ3v) is 10.9. The van der Waals surface area contributed by atoms with Crippen LogP contribution < -0.4 is 0 Å². The summed E-state index contributed by atoms with van der Waals surface area (Å²) in [6.45, 7) is 2.13. The molecule has 3 saturated heterocycles. The van der Waals surface area contributed by atoms with Crippen molar-refractivity contribution in [2.24, 2.45) is 23.7 Å². The fraction of sp³-hybridized carbons (Fsp3) is 0.750. The molecule has 11 heteroatoms. The van der Waals surface area contributed by atoms with Gasteiger partial charge in [-0.25, -0.2) is 0 Å². The van der Waals surface area contributed by atoms with Crippen molar-refractivity contribution in [3.63, 3.8) is 0 Å². The lowest BCUT2D eigenvalue weighted by Gasteiger charge is -2.39. The summed E-state index contributed by atoms with van der Waals surface area (Å²) < 4.78 is 4.33.